The van der Waals surface area contributed by atoms with Crippen LogP contribution in [-0.2, 0) is 14.2 Å². The molecule has 2 unspecified atom stereocenters. The molecule has 0 aliphatic rings. The molecule has 0 saturated heterocycles. The fourth-order valence-electron chi connectivity index (χ4n) is 2.79. The van der Waals surface area contributed by atoms with E-state index in [1.165, 1.54) is 5.32 Å². The van der Waals surface area contributed by atoms with E-state index in [1.807, 2.05) is 0 Å². The Morgan fingerprint density at radius 2 is 1.05 bits per heavy atom. The number of ether oxygens (including phenoxy) is 3. The minimum absolute atomic E-state index is 0.129. The summed E-state index contributed by atoms with van der Waals surface area (Å²) >= 11 is 0. The van der Waals surface area contributed by atoms with Gasteiger partial charge in [-0.15, -0.1) is 0 Å². The predicted octanol–water partition coefficient (Wildman–Crippen LogP) is 6.75. The maximum Gasteiger partial charge on any atom is 0.426 e. The van der Waals surface area contributed by atoms with E-state index in [4.69, 9.17) is 0 Å². The maximum absolute atomic E-state index is 14.7. The summed E-state index contributed by atoms with van der Waals surface area (Å²) in [6.07, 6.45) is -12.1. The molecular weight excluding hydrogens is 572 g/mol. The summed E-state index contributed by atoms with van der Waals surface area (Å²) in [7, 11) is 1.08. The van der Waals surface area contributed by atoms with Crippen molar-refractivity contribution in [3.63, 3.8) is 0 Å². The average Bonchev–Trinajstić information content (AvgIpc) is 2.80. The summed E-state index contributed by atoms with van der Waals surface area (Å²) in [6.45, 7) is -2.24. The van der Waals surface area contributed by atoms with Crippen LogP contribution in [0.1, 0.15) is 40.5 Å². The van der Waals surface area contributed by atoms with Crippen LogP contribution in [0.3, 0.4) is 0 Å². The smallest absolute Gasteiger partial charge is 0.426 e. The van der Waals surface area contributed by atoms with Crippen LogP contribution in [0.4, 0.5) is 66.3 Å². The van der Waals surface area contributed by atoms with Crippen molar-refractivity contribution in [2.24, 2.45) is 0 Å². The standard InChI is InChI=1S/C19H25F14NO4/c1-7-11(3,36-6)14(22,23)17(28,29)18(30,31)19(32,33)38-12(4,8-2)15(24,25)16(26,27)13(20,21)9-37-10(35)34-5/h7-9H2,1-6H3,(H,34,35). The Balaban J connectivity index is 6.68. The average molecular weight is 597 g/mol. The molecule has 0 spiro atoms. The molecule has 0 fully saturated rings. The summed E-state index contributed by atoms with van der Waals surface area (Å²) in [5, 5.41) is 1.49. The van der Waals surface area contributed by atoms with E-state index >= 15 is 0 Å². The molecule has 0 aromatic carbocycles. The topological polar surface area (TPSA) is 56.8 Å². The molecule has 0 bridgehead atoms. The van der Waals surface area contributed by atoms with Gasteiger partial charge >= 0.3 is 47.7 Å². The lowest BCUT2D eigenvalue weighted by atomic mass is 9.85. The van der Waals surface area contributed by atoms with Gasteiger partial charge < -0.3 is 19.5 Å². The quantitative estimate of drug-likeness (QED) is 0.225. The molecule has 5 nitrogen and oxygen atoms in total. The third-order valence-electron chi connectivity index (χ3n) is 6.08. The van der Waals surface area contributed by atoms with Gasteiger partial charge in [0.25, 0.3) is 0 Å². The number of carbonyl (C=O) groups excluding carboxylic acids is 1. The number of nitrogens with one attached hydrogen (secondary N) is 1. The Bertz CT molecular complexity index is 832. The summed E-state index contributed by atoms with van der Waals surface area (Å²) in [5.41, 5.74) is -8.38. The van der Waals surface area contributed by atoms with E-state index in [0.29, 0.717) is 14.0 Å². The van der Waals surface area contributed by atoms with Gasteiger partial charge in [-0.25, -0.2) is 4.79 Å². The Kier molecular flexibility index (Phi) is 10.1. The van der Waals surface area contributed by atoms with Crippen molar-refractivity contribution in [2.45, 2.75) is 93.4 Å². The number of carbonyl (C=O) groups is 1. The number of rotatable bonds is 14. The van der Waals surface area contributed by atoms with Crippen molar-refractivity contribution in [2.75, 3.05) is 20.8 Å². The Labute approximate surface area is 207 Å². The predicted molar refractivity (Wildman–Crippen MR) is 101 cm³/mol. The fourth-order valence-corrected chi connectivity index (χ4v) is 2.79. The molecule has 1 amide bonds. The third-order valence-corrected chi connectivity index (χ3v) is 6.08. The third kappa shape index (κ3) is 5.32. The highest BCUT2D eigenvalue weighted by Crippen LogP contribution is 2.60. The first-order valence-corrected chi connectivity index (χ1v) is 10.3. The SMILES string of the molecule is CCC(C)(OC(F)(F)C(F)(F)C(F)(F)C(F)(F)C(C)(CC)OC)C(F)(F)C(F)(F)C(F)(F)COC(=O)NC. The van der Waals surface area contributed by atoms with Gasteiger partial charge in [-0.2, -0.15) is 61.5 Å². The molecule has 0 radical (unpaired) electrons. The lowest BCUT2D eigenvalue weighted by molar-refractivity contribution is -0.475. The fraction of sp³-hybridized carbons (Fsp3) is 0.947. The molecule has 0 aromatic rings. The first-order chi connectivity index (χ1) is 16.6. The van der Waals surface area contributed by atoms with Crippen LogP contribution in [0.5, 0.6) is 0 Å². The van der Waals surface area contributed by atoms with Gasteiger partial charge in [0.05, 0.1) is 0 Å². The molecule has 0 aromatic heterocycles. The Hall–Kier alpha value is -1.79. The van der Waals surface area contributed by atoms with Gasteiger partial charge in [-0.3, -0.25) is 0 Å². The first kappa shape index (κ1) is 36.2. The number of hydrogen-bond donors (Lipinski definition) is 1. The van der Waals surface area contributed by atoms with Gasteiger partial charge in [0, 0.05) is 14.2 Å². The largest absolute Gasteiger partial charge is 0.443 e. The number of halogens is 14. The van der Waals surface area contributed by atoms with E-state index in [-0.39, 0.29) is 13.8 Å². The minimum Gasteiger partial charge on any atom is -0.443 e. The van der Waals surface area contributed by atoms with Gasteiger partial charge in [0.15, 0.2) is 6.61 Å². The molecule has 0 aliphatic carbocycles. The van der Waals surface area contributed by atoms with Gasteiger partial charge in [0.1, 0.15) is 11.2 Å². The van der Waals surface area contributed by atoms with Crippen molar-refractivity contribution in [1.29, 1.82) is 0 Å². The van der Waals surface area contributed by atoms with Crippen molar-refractivity contribution >= 4 is 6.09 Å². The minimum atomic E-state index is -7.41. The molecule has 0 saturated carbocycles. The van der Waals surface area contributed by atoms with Crippen molar-refractivity contribution in [3.8, 4) is 0 Å². The number of alkyl halides is 14. The van der Waals surface area contributed by atoms with E-state index < -0.39 is 85.3 Å². The lowest BCUT2D eigenvalue weighted by Crippen LogP contribution is -2.72. The number of hydrogen-bond acceptors (Lipinski definition) is 4. The van der Waals surface area contributed by atoms with Crippen LogP contribution in [0, 0.1) is 0 Å². The highest BCUT2D eigenvalue weighted by molar-refractivity contribution is 5.66. The van der Waals surface area contributed by atoms with Gasteiger partial charge in [0.2, 0.25) is 0 Å². The van der Waals surface area contributed by atoms with Crippen LogP contribution < -0.4 is 5.32 Å². The number of alkyl carbamates (subject to hydrolysis) is 1. The van der Waals surface area contributed by atoms with E-state index in [1.54, 1.807) is 0 Å². The monoisotopic (exact) mass is 597 g/mol. The Morgan fingerprint density at radius 1 is 0.658 bits per heavy atom. The van der Waals surface area contributed by atoms with Gasteiger partial charge in [-0.1, -0.05) is 13.8 Å². The van der Waals surface area contributed by atoms with Crippen molar-refractivity contribution in [3.05, 3.63) is 0 Å². The van der Waals surface area contributed by atoms with E-state index in [0.717, 1.165) is 7.05 Å². The first-order valence-electron chi connectivity index (χ1n) is 10.3. The van der Waals surface area contributed by atoms with Crippen LogP contribution >= 0.6 is 0 Å². The molecule has 38 heavy (non-hydrogen) atoms. The molecule has 1 N–H and O–H groups in total. The number of methoxy groups -OCH3 is 1. The van der Waals surface area contributed by atoms with E-state index in [2.05, 4.69) is 14.2 Å². The lowest BCUT2D eigenvalue weighted by Gasteiger charge is -2.47. The summed E-state index contributed by atoms with van der Waals surface area (Å²) in [6, 6.07) is 0. The zero-order valence-electron chi connectivity index (χ0n) is 20.5. The molecular formula is C19H25F14NO4. The van der Waals surface area contributed by atoms with Crippen LogP contribution in [0.15, 0.2) is 0 Å². The molecule has 0 rings (SSSR count). The van der Waals surface area contributed by atoms with Crippen molar-refractivity contribution < 1.29 is 80.5 Å². The van der Waals surface area contributed by atoms with E-state index in [9.17, 15) is 66.3 Å². The van der Waals surface area contributed by atoms with Crippen LogP contribution in [0.25, 0.3) is 0 Å². The summed E-state index contributed by atoms with van der Waals surface area (Å²) in [4.78, 5) is 10.8. The number of amides is 1. The summed E-state index contributed by atoms with van der Waals surface area (Å²) < 4.78 is 211. The second kappa shape index (κ2) is 10.6. The maximum atomic E-state index is 14.7. The highest BCUT2D eigenvalue weighted by atomic mass is 19.4. The van der Waals surface area contributed by atoms with Gasteiger partial charge in [-0.05, 0) is 26.7 Å². The Morgan fingerprint density at radius 3 is 1.39 bits per heavy atom. The second-order valence-corrected chi connectivity index (χ2v) is 8.39. The normalized spacial score (nSPS) is 18.0. The molecule has 228 valence electrons. The highest BCUT2D eigenvalue weighted by Gasteiger charge is 2.87. The molecule has 19 heteroatoms. The zero-order valence-corrected chi connectivity index (χ0v) is 20.5. The summed E-state index contributed by atoms with van der Waals surface area (Å²) in [5.74, 6) is -40.2. The van der Waals surface area contributed by atoms with Crippen LogP contribution in [0.2, 0.25) is 0 Å². The van der Waals surface area contributed by atoms with Crippen LogP contribution in [-0.4, -0.2) is 79.7 Å². The molecule has 0 aliphatic heterocycles. The molecule has 2 atom stereocenters. The molecule has 0 heterocycles. The zero-order chi connectivity index (χ0) is 31.0. The van der Waals surface area contributed by atoms with Crippen molar-refractivity contribution in [1.82, 2.24) is 5.32 Å². The second-order valence-electron chi connectivity index (χ2n) is 8.39.